The number of fused-ring (bicyclic) bond motifs is 1. The van der Waals surface area contributed by atoms with Gasteiger partial charge in [-0.1, -0.05) is 0 Å². The molecule has 16 heavy (non-hydrogen) atoms. The molecule has 0 bridgehead atoms. The summed E-state index contributed by atoms with van der Waals surface area (Å²) in [5.74, 6) is -0.218. The number of aromatic carboxylic acids is 1. The van der Waals surface area contributed by atoms with Crippen molar-refractivity contribution >= 4 is 17.1 Å². The van der Waals surface area contributed by atoms with Gasteiger partial charge in [0.05, 0.1) is 11.9 Å². The third-order valence-corrected chi connectivity index (χ3v) is 2.85. The number of rotatable bonds is 3. The molecule has 1 aliphatic carbocycles. The van der Waals surface area contributed by atoms with Crippen LogP contribution < -0.4 is 0 Å². The van der Waals surface area contributed by atoms with Gasteiger partial charge in [-0.15, -0.1) is 0 Å². The number of carboxylic acids is 1. The Morgan fingerprint density at radius 1 is 1.50 bits per heavy atom. The van der Waals surface area contributed by atoms with Crippen LogP contribution in [0.4, 0.5) is 0 Å². The molecule has 1 N–H and O–H groups in total. The number of carboxylic acid groups (broad SMARTS) is 1. The van der Waals surface area contributed by atoms with Crippen molar-refractivity contribution < 1.29 is 9.90 Å². The van der Waals surface area contributed by atoms with Crippen molar-refractivity contribution in [3.63, 3.8) is 0 Å². The molecule has 0 unspecified atom stereocenters. The first-order valence-electron chi connectivity index (χ1n) is 5.28. The van der Waals surface area contributed by atoms with Gasteiger partial charge in [-0.2, -0.15) is 0 Å². The van der Waals surface area contributed by atoms with Gasteiger partial charge in [-0.05, 0) is 24.8 Å². The molecule has 1 saturated carbocycles. The fraction of sp³-hybridized carbons (Fsp3) is 0.364. The van der Waals surface area contributed by atoms with Gasteiger partial charge in [-0.25, -0.2) is 14.8 Å². The second-order valence-corrected chi connectivity index (χ2v) is 4.21. The zero-order chi connectivity index (χ0) is 11.1. The number of hydrogen-bond donors (Lipinski definition) is 1. The average Bonchev–Trinajstić information content (AvgIpc) is 2.99. The average molecular weight is 217 g/mol. The van der Waals surface area contributed by atoms with E-state index in [9.17, 15) is 4.79 Å². The highest BCUT2D eigenvalue weighted by molar-refractivity contribution is 5.90. The highest BCUT2D eigenvalue weighted by atomic mass is 16.4. The summed E-state index contributed by atoms with van der Waals surface area (Å²) >= 11 is 0. The van der Waals surface area contributed by atoms with Gasteiger partial charge < -0.3 is 9.67 Å². The van der Waals surface area contributed by atoms with E-state index in [-0.39, 0.29) is 5.56 Å². The molecule has 0 amide bonds. The lowest BCUT2D eigenvalue weighted by atomic mass is 10.3. The Kier molecular flexibility index (Phi) is 1.92. The van der Waals surface area contributed by atoms with E-state index in [0.717, 1.165) is 18.1 Å². The number of imidazole rings is 1. The zero-order valence-electron chi connectivity index (χ0n) is 8.63. The summed E-state index contributed by atoms with van der Waals surface area (Å²) in [6, 6.07) is 1.56. The minimum Gasteiger partial charge on any atom is -0.478 e. The molecule has 0 spiro atoms. The Hall–Kier alpha value is -1.91. The molecule has 0 aromatic carbocycles. The first-order chi connectivity index (χ1) is 7.74. The van der Waals surface area contributed by atoms with E-state index < -0.39 is 5.97 Å². The summed E-state index contributed by atoms with van der Waals surface area (Å²) in [4.78, 5) is 19.1. The fourth-order valence-corrected chi connectivity index (χ4v) is 1.78. The van der Waals surface area contributed by atoms with Crippen molar-refractivity contribution in [3.05, 3.63) is 24.2 Å². The van der Waals surface area contributed by atoms with E-state index in [1.165, 1.54) is 19.0 Å². The van der Waals surface area contributed by atoms with Crippen LogP contribution in [0.15, 0.2) is 18.6 Å². The molecule has 2 aromatic heterocycles. The van der Waals surface area contributed by atoms with E-state index in [0.29, 0.717) is 5.52 Å². The first-order valence-corrected chi connectivity index (χ1v) is 5.28. The molecule has 2 aromatic rings. The van der Waals surface area contributed by atoms with E-state index in [4.69, 9.17) is 5.11 Å². The predicted molar refractivity (Wildman–Crippen MR) is 57.2 cm³/mol. The second kappa shape index (κ2) is 3.30. The molecule has 82 valence electrons. The van der Waals surface area contributed by atoms with E-state index in [1.54, 1.807) is 12.4 Å². The molecule has 3 rings (SSSR count). The minimum absolute atomic E-state index is 0.184. The standard InChI is InChI=1S/C11H11N3O2/c15-11(16)8-3-9-10(12-4-8)14(6-13-9)5-7-1-2-7/h3-4,6-7H,1-2,5H2,(H,15,16). The van der Waals surface area contributed by atoms with E-state index >= 15 is 0 Å². The predicted octanol–water partition coefficient (Wildman–Crippen LogP) is 1.54. The SMILES string of the molecule is O=C(O)c1cnc2c(c1)ncn2CC1CC1. The number of pyridine rings is 1. The molecule has 5 nitrogen and oxygen atoms in total. The molecule has 0 saturated heterocycles. The van der Waals surface area contributed by atoms with Crippen molar-refractivity contribution in [2.24, 2.45) is 5.92 Å². The molecule has 0 atom stereocenters. The minimum atomic E-state index is -0.967. The number of hydrogen-bond acceptors (Lipinski definition) is 3. The highest BCUT2D eigenvalue weighted by Gasteiger charge is 2.22. The summed E-state index contributed by atoms with van der Waals surface area (Å²) in [7, 11) is 0. The molecular formula is C11H11N3O2. The zero-order valence-corrected chi connectivity index (χ0v) is 8.63. The van der Waals surface area contributed by atoms with Crippen molar-refractivity contribution in [2.45, 2.75) is 19.4 Å². The normalized spacial score (nSPS) is 15.5. The van der Waals surface area contributed by atoms with Gasteiger partial charge in [0.2, 0.25) is 0 Å². The van der Waals surface area contributed by atoms with Crippen LogP contribution in [0.5, 0.6) is 0 Å². The highest BCUT2D eigenvalue weighted by Crippen LogP contribution is 2.31. The third kappa shape index (κ3) is 1.54. The molecule has 5 heteroatoms. The number of aromatic nitrogens is 3. The van der Waals surface area contributed by atoms with Gasteiger partial charge in [0.1, 0.15) is 5.52 Å². The maximum absolute atomic E-state index is 10.8. The quantitative estimate of drug-likeness (QED) is 0.846. The van der Waals surface area contributed by atoms with Crippen molar-refractivity contribution in [1.29, 1.82) is 0 Å². The molecule has 1 aliphatic rings. The van der Waals surface area contributed by atoms with Gasteiger partial charge in [0.25, 0.3) is 0 Å². The van der Waals surface area contributed by atoms with Gasteiger partial charge in [0, 0.05) is 12.7 Å². The topological polar surface area (TPSA) is 68.0 Å². The lowest BCUT2D eigenvalue weighted by molar-refractivity contribution is 0.0696. The van der Waals surface area contributed by atoms with Crippen LogP contribution in [0, 0.1) is 5.92 Å². The molecule has 0 radical (unpaired) electrons. The second-order valence-electron chi connectivity index (χ2n) is 4.21. The van der Waals surface area contributed by atoms with Crippen LogP contribution in [0.2, 0.25) is 0 Å². The van der Waals surface area contributed by atoms with Crippen molar-refractivity contribution in [1.82, 2.24) is 14.5 Å². The Balaban J connectivity index is 2.02. The summed E-state index contributed by atoms with van der Waals surface area (Å²) in [6.07, 6.45) is 5.66. The van der Waals surface area contributed by atoms with Crippen LogP contribution in [0.3, 0.4) is 0 Å². The first kappa shape index (κ1) is 9.33. The van der Waals surface area contributed by atoms with Crippen LogP contribution in [0.1, 0.15) is 23.2 Å². The van der Waals surface area contributed by atoms with Crippen LogP contribution in [-0.2, 0) is 6.54 Å². The third-order valence-electron chi connectivity index (χ3n) is 2.85. The van der Waals surface area contributed by atoms with E-state index in [1.807, 2.05) is 4.57 Å². The summed E-state index contributed by atoms with van der Waals surface area (Å²) in [5.41, 5.74) is 1.61. The smallest absolute Gasteiger partial charge is 0.337 e. The van der Waals surface area contributed by atoms with Crippen LogP contribution >= 0.6 is 0 Å². The van der Waals surface area contributed by atoms with E-state index in [2.05, 4.69) is 9.97 Å². The summed E-state index contributed by atoms with van der Waals surface area (Å²) < 4.78 is 2.00. The largest absolute Gasteiger partial charge is 0.478 e. The lowest BCUT2D eigenvalue weighted by Crippen LogP contribution is -2.01. The lowest BCUT2D eigenvalue weighted by Gasteiger charge is -2.01. The van der Waals surface area contributed by atoms with Crippen molar-refractivity contribution in [3.8, 4) is 0 Å². The van der Waals surface area contributed by atoms with Crippen LogP contribution in [-0.4, -0.2) is 25.6 Å². The molecule has 2 heterocycles. The van der Waals surface area contributed by atoms with Crippen LogP contribution in [0.25, 0.3) is 11.2 Å². The summed E-state index contributed by atoms with van der Waals surface area (Å²) in [6.45, 7) is 0.940. The molecule has 0 aliphatic heterocycles. The van der Waals surface area contributed by atoms with Crippen molar-refractivity contribution in [2.75, 3.05) is 0 Å². The maximum atomic E-state index is 10.8. The molecule has 1 fully saturated rings. The Morgan fingerprint density at radius 2 is 2.31 bits per heavy atom. The van der Waals surface area contributed by atoms with Gasteiger partial charge in [0.15, 0.2) is 5.65 Å². The Bertz CT molecular complexity index is 557. The van der Waals surface area contributed by atoms with Gasteiger partial charge in [-0.3, -0.25) is 0 Å². The van der Waals surface area contributed by atoms with Gasteiger partial charge >= 0.3 is 5.97 Å². The Morgan fingerprint density at radius 3 is 3.00 bits per heavy atom. The number of nitrogens with zero attached hydrogens (tertiary/aromatic N) is 3. The molecular weight excluding hydrogens is 206 g/mol. The number of carbonyl (C=O) groups is 1. The fourth-order valence-electron chi connectivity index (χ4n) is 1.78. The maximum Gasteiger partial charge on any atom is 0.337 e. The monoisotopic (exact) mass is 217 g/mol. The summed E-state index contributed by atoms with van der Waals surface area (Å²) in [5, 5.41) is 8.83. The Labute approximate surface area is 91.7 Å².